The molecule has 0 bridgehead atoms. The van der Waals surface area contributed by atoms with Crippen molar-refractivity contribution < 1.29 is 4.39 Å². The lowest BCUT2D eigenvalue weighted by Gasteiger charge is -2.36. The van der Waals surface area contributed by atoms with Crippen LogP contribution in [0.1, 0.15) is 39.2 Å². The summed E-state index contributed by atoms with van der Waals surface area (Å²) in [5.74, 6) is -0.167. The van der Waals surface area contributed by atoms with Gasteiger partial charge in [0.25, 0.3) is 0 Å². The number of rotatable bonds is 9. The van der Waals surface area contributed by atoms with Crippen molar-refractivity contribution in [1.29, 1.82) is 0 Å². The van der Waals surface area contributed by atoms with Gasteiger partial charge in [-0.05, 0) is 49.5 Å². The summed E-state index contributed by atoms with van der Waals surface area (Å²) in [6.45, 7) is 10.7. The maximum absolute atomic E-state index is 12.9. The summed E-state index contributed by atoms with van der Waals surface area (Å²) in [7, 11) is 2.15. The van der Waals surface area contributed by atoms with Gasteiger partial charge in [0, 0.05) is 19.6 Å². The van der Waals surface area contributed by atoms with Crippen LogP contribution in [0.15, 0.2) is 24.3 Å². The molecule has 0 aliphatic rings. The van der Waals surface area contributed by atoms with E-state index in [1.165, 1.54) is 30.5 Å². The lowest BCUT2D eigenvalue weighted by atomic mass is 9.81. The number of nitrogens with zero attached hydrogens (tertiary/aromatic N) is 1. The van der Waals surface area contributed by atoms with Gasteiger partial charge in [0.1, 0.15) is 5.82 Å². The Morgan fingerprint density at radius 1 is 1.10 bits per heavy atom. The molecule has 1 aromatic carbocycles. The highest BCUT2D eigenvalue weighted by molar-refractivity contribution is 5.15. The quantitative estimate of drug-likeness (QED) is 0.742. The van der Waals surface area contributed by atoms with Crippen LogP contribution >= 0.6 is 0 Å². The molecule has 114 valence electrons. The highest BCUT2D eigenvalue weighted by Gasteiger charge is 2.27. The van der Waals surface area contributed by atoms with Gasteiger partial charge in [0.15, 0.2) is 0 Å². The number of benzene rings is 1. The smallest absolute Gasteiger partial charge is 0.123 e. The fourth-order valence-electron chi connectivity index (χ4n) is 2.70. The molecule has 0 unspecified atom stereocenters. The van der Waals surface area contributed by atoms with Crippen LogP contribution in [-0.2, 0) is 6.54 Å². The average molecular weight is 280 g/mol. The number of hydrogen-bond donors (Lipinski definition) is 1. The van der Waals surface area contributed by atoms with E-state index in [1.54, 1.807) is 0 Å². The normalized spacial score (nSPS) is 12.1. The first-order valence-electron chi connectivity index (χ1n) is 7.69. The summed E-state index contributed by atoms with van der Waals surface area (Å²) in [5, 5.41) is 3.49. The standard InChI is InChI=1S/C17H29FN2/c1-5-17(6-2,13-19-7-3)14-20(4)12-15-8-10-16(18)11-9-15/h8-11,19H,5-7,12-14H2,1-4H3. The molecule has 1 aromatic rings. The Labute approximate surface area is 123 Å². The van der Waals surface area contributed by atoms with E-state index >= 15 is 0 Å². The summed E-state index contributed by atoms with van der Waals surface area (Å²) in [6, 6.07) is 6.81. The molecule has 2 nitrogen and oxygen atoms in total. The van der Waals surface area contributed by atoms with E-state index in [0.717, 1.165) is 26.2 Å². The molecule has 0 saturated carbocycles. The molecule has 0 amide bonds. The van der Waals surface area contributed by atoms with Crippen molar-refractivity contribution in [3.05, 3.63) is 35.6 Å². The van der Waals surface area contributed by atoms with Gasteiger partial charge in [0.2, 0.25) is 0 Å². The first-order valence-corrected chi connectivity index (χ1v) is 7.69. The van der Waals surface area contributed by atoms with Gasteiger partial charge in [-0.1, -0.05) is 32.9 Å². The molecule has 0 saturated heterocycles. The predicted octanol–water partition coefficient (Wildman–Crippen LogP) is 3.67. The van der Waals surface area contributed by atoms with Gasteiger partial charge in [-0.25, -0.2) is 4.39 Å². The van der Waals surface area contributed by atoms with E-state index in [-0.39, 0.29) is 5.82 Å². The molecule has 0 aliphatic heterocycles. The minimum absolute atomic E-state index is 0.167. The number of halogens is 1. The largest absolute Gasteiger partial charge is 0.316 e. The van der Waals surface area contributed by atoms with Crippen LogP contribution in [0.4, 0.5) is 4.39 Å². The van der Waals surface area contributed by atoms with Crippen molar-refractivity contribution in [1.82, 2.24) is 10.2 Å². The molecule has 0 aromatic heterocycles. The van der Waals surface area contributed by atoms with E-state index in [9.17, 15) is 4.39 Å². The molecular weight excluding hydrogens is 251 g/mol. The number of hydrogen-bond acceptors (Lipinski definition) is 2. The molecule has 0 spiro atoms. The second-order valence-corrected chi connectivity index (χ2v) is 5.79. The summed E-state index contributed by atoms with van der Waals surface area (Å²) in [5.41, 5.74) is 1.49. The Kier molecular flexibility index (Phi) is 7.17. The van der Waals surface area contributed by atoms with Crippen LogP contribution in [0, 0.1) is 11.2 Å². The van der Waals surface area contributed by atoms with E-state index in [1.807, 2.05) is 12.1 Å². The Morgan fingerprint density at radius 2 is 1.70 bits per heavy atom. The Hall–Kier alpha value is -0.930. The first kappa shape index (κ1) is 17.1. The van der Waals surface area contributed by atoms with E-state index in [4.69, 9.17) is 0 Å². The molecular formula is C17H29FN2. The SMILES string of the molecule is CCNCC(CC)(CC)CN(C)Cc1ccc(F)cc1. The van der Waals surface area contributed by atoms with E-state index in [2.05, 4.69) is 38.0 Å². The summed E-state index contributed by atoms with van der Waals surface area (Å²) in [6.07, 6.45) is 2.34. The third-order valence-electron chi connectivity index (χ3n) is 4.22. The maximum atomic E-state index is 12.9. The monoisotopic (exact) mass is 280 g/mol. The van der Waals surface area contributed by atoms with Gasteiger partial charge in [0.05, 0.1) is 0 Å². The molecule has 0 fully saturated rings. The zero-order valence-corrected chi connectivity index (χ0v) is 13.4. The van der Waals surface area contributed by atoms with Gasteiger partial charge < -0.3 is 10.2 Å². The highest BCUT2D eigenvalue weighted by atomic mass is 19.1. The molecule has 0 radical (unpaired) electrons. The molecule has 20 heavy (non-hydrogen) atoms. The van der Waals surface area contributed by atoms with Crippen LogP contribution in [-0.4, -0.2) is 31.6 Å². The topological polar surface area (TPSA) is 15.3 Å². The van der Waals surface area contributed by atoms with Crippen molar-refractivity contribution in [3.8, 4) is 0 Å². The van der Waals surface area contributed by atoms with Crippen molar-refractivity contribution in [2.75, 3.05) is 26.7 Å². The Balaban J connectivity index is 2.61. The maximum Gasteiger partial charge on any atom is 0.123 e. The fourth-order valence-corrected chi connectivity index (χ4v) is 2.70. The summed E-state index contributed by atoms with van der Waals surface area (Å²) in [4.78, 5) is 2.34. The van der Waals surface area contributed by atoms with E-state index in [0.29, 0.717) is 5.41 Å². The minimum atomic E-state index is -0.167. The van der Waals surface area contributed by atoms with Crippen LogP contribution < -0.4 is 5.32 Å². The zero-order valence-electron chi connectivity index (χ0n) is 13.4. The van der Waals surface area contributed by atoms with E-state index < -0.39 is 0 Å². The van der Waals surface area contributed by atoms with Crippen molar-refractivity contribution in [2.45, 2.75) is 40.2 Å². The molecule has 3 heteroatoms. The lowest BCUT2D eigenvalue weighted by Crippen LogP contribution is -2.42. The van der Waals surface area contributed by atoms with Crippen LogP contribution in [0.5, 0.6) is 0 Å². The lowest BCUT2D eigenvalue weighted by molar-refractivity contribution is 0.151. The second kappa shape index (κ2) is 8.38. The van der Waals surface area contributed by atoms with Gasteiger partial charge in [-0.3, -0.25) is 0 Å². The first-order chi connectivity index (χ1) is 9.55. The minimum Gasteiger partial charge on any atom is -0.316 e. The fraction of sp³-hybridized carbons (Fsp3) is 0.647. The number of nitrogens with one attached hydrogen (secondary N) is 1. The molecule has 1 rings (SSSR count). The summed E-state index contributed by atoms with van der Waals surface area (Å²) >= 11 is 0. The van der Waals surface area contributed by atoms with Crippen LogP contribution in [0.3, 0.4) is 0 Å². The predicted molar refractivity (Wildman–Crippen MR) is 84.3 cm³/mol. The molecule has 0 heterocycles. The van der Waals surface area contributed by atoms with Gasteiger partial charge >= 0.3 is 0 Å². The third kappa shape index (κ3) is 5.22. The highest BCUT2D eigenvalue weighted by Crippen LogP contribution is 2.27. The zero-order chi connectivity index (χ0) is 15.0. The van der Waals surface area contributed by atoms with Crippen LogP contribution in [0.2, 0.25) is 0 Å². The third-order valence-corrected chi connectivity index (χ3v) is 4.22. The molecule has 0 aliphatic carbocycles. The molecule has 0 atom stereocenters. The van der Waals surface area contributed by atoms with Crippen LogP contribution in [0.25, 0.3) is 0 Å². The molecule has 1 N–H and O–H groups in total. The Morgan fingerprint density at radius 3 is 2.20 bits per heavy atom. The van der Waals surface area contributed by atoms with Gasteiger partial charge in [-0.15, -0.1) is 0 Å². The summed E-state index contributed by atoms with van der Waals surface area (Å²) < 4.78 is 12.9. The van der Waals surface area contributed by atoms with Crippen molar-refractivity contribution in [2.24, 2.45) is 5.41 Å². The Bertz CT molecular complexity index is 371. The average Bonchev–Trinajstić information content (AvgIpc) is 2.46. The van der Waals surface area contributed by atoms with Crippen molar-refractivity contribution >= 4 is 0 Å². The van der Waals surface area contributed by atoms with Gasteiger partial charge in [-0.2, -0.15) is 0 Å². The van der Waals surface area contributed by atoms with Crippen molar-refractivity contribution in [3.63, 3.8) is 0 Å². The second-order valence-electron chi connectivity index (χ2n) is 5.79.